The van der Waals surface area contributed by atoms with Gasteiger partial charge in [0, 0.05) is 26.0 Å². The number of aromatic carboxylic acids is 1. The summed E-state index contributed by atoms with van der Waals surface area (Å²) in [5, 5.41) is 15.5. The lowest BCUT2D eigenvalue weighted by Crippen LogP contribution is -2.33. The third kappa shape index (κ3) is 4.36. The third-order valence-corrected chi connectivity index (χ3v) is 2.60. The van der Waals surface area contributed by atoms with Gasteiger partial charge in [-0.2, -0.15) is 5.10 Å². The van der Waals surface area contributed by atoms with Crippen molar-refractivity contribution in [3.05, 3.63) is 18.0 Å². The molecular formula is C12H19N3O4. The molecule has 7 nitrogen and oxygen atoms in total. The number of nitrogens with one attached hydrogen (secondary N) is 1. The van der Waals surface area contributed by atoms with Gasteiger partial charge in [0.25, 0.3) is 0 Å². The highest BCUT2D eigenvalue weighted by atomic mass is 16.5. The van der Waals surface area contributed by atoms with Gasteiger partial charge in [-0.05, 0) is 26.3 Å². The van der Waals surface area contributed by atoms with Crippen LogP contribution in [0, 0.1) is 0 Å². The van der Waals surface area contributed by atoms with Crippen LogP contribution in [0.25, 0.3) is 0 Å². The maximum atomic E-state index is 11.8. The first-order chi connectivity index (χ1) is 9.07. The molecule has 1 aromatic rings. The number of rotatable bonds is 8. The van der Waals surface area contributed by atoms with Crippen LogP contribution in [-0.2, 0) is 9.53 Å². The molecule has 7 heteroatoms. The maximum absolute atomic E-state index is 11.8. The highest BCUT2D eigenvalue weighted by molar-refractivity contribution is 5.87. The molecule has 0 spiro atoms. The van der Waals surface area contributed by atoms with Gasteiger partial charge in [0.1, 0.15) is 11.7 Å². The second-order valence-electron chi connectivity index (χ2n) is 3.98. The molecule has 0 aliphatic carbocycles. The summed E-state index contributed by atoms with van der Waals surface area (Å²) in [6.45, 7) is 5.25. The van der Waals surface area contributed by atoms with E-state index in [1.54, 1.807) is 6.92 Å². The van der Waals surface area contributed by atoms with Crippen molar-refractivity contribution in [3.8, 4) is 0 Å². The fourth-order valence-corrected chi connectivity index (χ4v) is 1.58. The summed E-state index contributed by atoms with van der Waals surface area (Å²) in [6, 6.07) is 0.703. The van der Waals surface area contributed by atoms with Gasteiger partial charge in [-0.1, -0.05) is 0 Å². The minimum atomic E-state index is -1.10. The molecule has 1 atom stereocenters. The van der Waals surface area contributed by atoms with Crippen molar-refractivity contribution < 1.29 is 19.4 Å². The molecule has 2 N–H and O–H groups in total. The van der Waals surface area contributed by atoms with Gasteiger partial charge in [0.2, 0.25) is 5.91 Å². The average molecular weight is 269 g/mol. The van der Waals surface area contributed by atoms with E-state index in [0.29, 0.717) is 19.8 Å². The molecule has 0 bridgehead atoms. The van der Waals surface area contributed by atoms with Crippen LogP contribution in [0.3, 0.4) is 0 Å². The van der Waals surface area contributed by atoms with Crippen LogP contribution >= 0.6 is 0 Å². The number of nitrogens with zero attached hydrogens (tertiary/aromatic N) is 2. The molecule has 1 aromatic heterocycles. The Morgan fingerprint density at radius 3 is 2.95 bits per heavy atom. The van der Waals surface area contributed by atoms with Gasteiger partial charge < -0.3 is 15.2 Å². The lowest BCUT2D eigenvalue weighted by atomic mass is 10.3. The summed E-state index contributed by atoms with van der Waals surface area (Å²) >= 11 is 0. The molecule has 0 aliphatic heterocycles. The molecule has 1 rings (SSSR count). The number of carbonyl (C=O) groups excluding carboxylic acids is 1. The Kier molecular flexibility index (Phi) is 6.01. The maximum Gasteiger partial charge on any atom is 0.354 e. The van der Waals surface area contributed by atoms with Crippen molar-refractivity contribution in [3.63, 3.8) is 0 Å². The zero-order valence-corrected chi connectivity index (χ0v) is 11.1. The number of carboxylic acids is 1. The lowest BCUT2D eigenvalue weighted by Gasteiger charge is -2.14. The number of carbonyl (C=O) groups is 2. The molecule has 1 heterocycles. The summed E-state index contributed by atoms with van der Waals surface area (Å²) in [4.78, 5) is 22.8. The predicted molar refractivity (Wildman–Crippen MR) is 68.0 cm³/mol. The van der Waals surface area contributed by atoms with E-state index < -0.39 is 12.0 Å². The molecule has 0 saturated heterocycles. The first-order valence-corrected chi connectivity index (χ1v) is 6.20. The monoisotopic (exact) mass is 269 g/mol. The molecule has 0 aromatic carbocycles. The van der Waals surface area contributed by atoms with Crippen LogP contribution in [0.5, 0.6) is 0 Å². The molecular weight excluding hydrogens is 250 g/mol. The van der Waals surface area contributed by atoms with Crippen molar-refractivity contribution in [2.24, 2.45) is 0 Å². The molecule has 19 heavy (non-hydrogen) atoms. The number of hydrogen-bond acceptors (Lipinski definition) is 4. The van der Waals surface area contributed by atoms with Crippen molar-refractivity contribution in [2.75, 3.05) is 19.8 Å². The van der Waals surface area contributed by atoms with Crippen LogP contribution in [-0.4, -0.2) is 46.5 Å². The van der Waals surface area contributed by atoms with Gasteiger partial charge in [-0.3, -0.25) is 4.79 Å². The number of aromatic nitrogens is 2. The smallest absolute Gasteiger partial charge is 0.354 e. The molecule has 1 amide bonds. The average Bonchev–Trinajstić information content (AvgIpc) is 2.86. The second kappa shape index (κ2) is 7.52. The van der Waals surface area contributed by atoms with Gasteiger partial charge in [0.15, 0.2) is 0 Å². The standard InChI is InChI=1S/C12H19N3O4/c1-3-19-8-4-6-13-11(16)9(2)15-10(12(17)18)5-7-14-15/h5,7,9H,3-4,6,8H2,1-2H3,(H,13,16)(H,17,18). The Morgan fingerprint density at radius 1 is 1.58 bits per heavy atom. The Labute approximate surface area is 111 Å². The first-order valence-electron chi connectivity index (χ1n) is 6.20. The zero-order valence-electron chi connectivity index (χ0n) is 11.1. The van der Waals surface area contributed by atoms with E-state index in [1.807, 2.05) is 6.92 Å². The summed E-state index contributed by atoms with van der Waals surface area (Å²) in [6.07, 6.45) is 2.08. The number of amides is 1. The Balaban J connectivity index is 2.48. The predicted octanol–water partition coefficient (Wildman–Crippen LogP) is 0.685. The zero-order chi connectivity index (χ0) is 14.3. The van der Waals surface area contributed by atoms with E-state index >= 15 is 0 Å². The van der Waals surface area contributed by atoms with Crippen LogP contribution in [0.2, 0.25) is 0 Å². The van der Waals surface area contributed by atoms with Crippen LogP contribution in [0.4, 0.5) is 0 Å². The lowest BCUT2D eigenvalue weighted by molar-refractivity contribution is -0.124. The summed E-state index contributed by atoms with van der Waals surface area (Å²) in [7, 11) is 0. The molecule has 0 aliphatic rings. The fourth-order valence-electron chi connectivity index (χ4n) is 1.58. The highest BCUT2D eigenvalue weighted by Gasteiger charge is 2.20. The quantitative estimate of drug-likeness (QED) is 0.677. The Hall–Kier alpha value is -1.89. The van der Waals surface area contributed by atoms with Gasteiger partial charge in [-0.15, -0.1) is 0 Å². The molecule has 0 saturated carbocycles. The van der Waals surface area contributed by atoms with Crippen molar-refractivity contribution in [1.29, 1.82) is 0 Å². The SMILES string of the molecule is CCOCCCNC(=O)C(C)n1nccc1C(=O)O. The summed E-state index contributed by atoms with van der Waals surface area (Å²) < 4.78 is 6.35. The number of hydrogen-bond donors (Lipinski definition) is 2. The Bertz CT molecular complexity index is 430. The van der Waals surface area contributed by atoms with Crippen LogP contribution in [0.1, 0.15) is 36.8 Å². The topological polar surface area (TPSA) is 93.5 Å². The van der Waals surface area contributed by atoms with Crippen molar-refractivity contribution >= 4 is 11.9 Å². The first kappa shape index (κ1) is 15.2. The van der Waals surface area contributed by atoms with Gasteiger partial charge in [-0.25, -0.2) is 9.48 Å². The van der Waals surface area contributed by atoms with Crippen molar-refractivity contribution in [1.82, 2.24) is 15.1 Å². The van der Waals surface area contributed by atoms with Crippen molar-refractivity contribution in [2.45, 2.75) is 26.3 Å². The van der Waals surface area contributed by atoms with E-state index in [1.165, 1.54) is 16.9 Å². The minimum absolute atomic E-state index is 0.00281. The van der Waals surface area contributed by atoms with E-state index in [2.05, 4.69) is 10.4 Å². The van der Waals surface area contributed by atoms with E-state index in [9.17, 15) is 9.59 Å². The van der Waals surface area contributed by atoms with Crippen LogP contribution in [0.15, 0.2) is 12.3 Å². The number of ether oxygens (including phenoxy) is 1. The highest BCUT2D eigenvalue weighted by Crippen LogP contribution is 2.09. The molecule has 0 radical (unpaired) electrons. The molecule has 106 valence electrons. The summed E-state index contributed by atoms with van der Waals surface area (Å²) in [5.74, 6) is -1.36. The second-order valence-corrected chi connectivity index (χ2v) is 3.98. The summed E-state index contributed by atoms with van der Waals surface area (Å²) in [5.41, 5.74) is -0.00281. The third-order valence-electron chi connectivity index (χ3n) is 2.60. The normalized spacial score (nSPS) is 12.1. The van der Waals surface area contributed by atoms with Crippen LogP contribution < -0.4 is 5.32 Å². The van der Waals surface area contributed by atoms with Gasteiger partial charge >= 0.3 is 5.97 Å². The fraction of sp³-hybridized carbons (Fsp3) is 0.583. The van der Waals surface area contributed by atoms with E-state index in [-0.39, 0.29) is 11.6 Å². The van der Waals surface area contributed by atoms with Gasteiger partial charge in [0.05, 0.1) is 0 Å². The minimum Gasteiger partial charge on any atom is -0.477 e. The van der Waals surface area contributed by atoms with E-state index in [4.69, 9.17) is 9.84 Å². The molecule has 1 unspecified atom stereocenters. The largest absolute Gasteiger partial charge is 0.477 e. The van der Waals surface area contributed by atoms with E-state index in [0.717, 1.165) is 6.42 Å². The Morgan fingerprint density at radius 2 is 2.32 bits per heavy atom. The number of carboxylic acid groups (broad SMARTS) is 1. The molecule has 0 fully saturated rings.